The Hall–Kier alpha value is -0.870. The molecule has 0 spiro atoms. The lowest BCUT2D eigenvalue weighted by Gasteiger charge is -1.98. The van der Waals surface area contributed by atoms with Crippen LogP contribution in [-0.2, 0) is 13.0 Å². The second-order valence-corrected chi connectivity index (χ2v) is 4.62. The van der Waals surface area contributed by atoms with Crippen LogP contribution in [0, 0.1) is 5.92 Å². The molecule has 0 saturated heterocycles. The molecule has 2 aromatic heterocycles. The molecule has 0 bridgehead atoms. The van der Waals surface area contributed by atoms with Crippen molar-refractivity contribution in [2.24, 2.45) is 5.92 Å². The van der Waals surface area contributed by atoms with Crippen LogP contribution in [-0.4, -0.2) is 19.7 Å². The van der Waals surface area contributed by atoms with Crippen molar-refractivity contribution in [1.29, 1.82) is 0 Å². The predicted octanol–water partition coefficient (Wildman–Crippen LogP) is 2.33. The summed E-state index contributed by atoms with van der Waals surface area (Å²) in [7, 11) is 0. The summed E-state index contributed by atoms with van der Waals surface area (Å²) < 4.78 is 1.95. The first-order valence-electron chi connectivity index (χ1n) is 4.73. The van der Waals surface area contributed by atoms with Gasteiger partial charge in [0, 0.05) is 6.54 Å². The second kappa shape index (κ2) is 3.06. The predicted molar refractivity (Wildman–Crippen MR) is 58.2 cm³/mol. The highest BCUT2D eigenvalue weighted by molar-refractivity contribution is 6.35. The van der Waals surface area contributed by atoms with Gasteiger partial charge in [0.05, 0.1) is 11.1 Å². The van der Waals surface area contributed by atoms with E-state index in [1.807, 2.05) is 4.68 Å². The van der Waals surface area contributed by atoms with E-state index >= 15 is 0 Å². The molecule has 15 heavy (non-hydrogen) atoms. The molecular formula is C9H8Cl2N4. The maximum Gasteiger partial charge on any atom is 0.225 e. The topological polar surface area (TPSA) is 43.6 Å². The highest BCUT2D eigenvalue weighted by Crippen LogP contribution is 2.31. The standard InChI is InChI=1S/C9H8Cl2N4/c1-4-2-5-6-7(10)12-9(11)13-8(6)14-15(5)3-4/h4H,2-3H2,1H3. The molecule has 78 valence electrons. The summed E-state index contributed by atoms with van der Waals surface area (Å²) in [5.74, 6) is 0.601. The van der Waals surface area contributed by atoms with Gasteiger partial charge in [0.25, 0.3) is 0 Å². The summed E-state index contributed by atoms with van der Waals surface area (Å²) in [5.41, 5.74) is 1.72. The molecule has 0 amide bonds. The molecule has 4 nitrogen and oxygen atoms in total. The highest BCUT2D eigenvalue weighted by Gasteiger charge is 2.24. The van der Waals surface area contributed by atoms with E-state index in [0.717, 1.165) is 24.0 Å². The molecule has 0 radical (unpaired) electrons. The highest BCUT2D eigenvalue weighted by atomic mass is 35.5. The minimum absolute atomic E-state index is 0.150. The van der Waals surface area contributed by atoms with Crippen molar-refractivity contribution < 1.29 is 0 Å². The lowest BCUT2D eigenvalue weighted by Crippen LogP contribution is -1.99. The molecule has 0 fully saturated rings. The fourth-order valence-electron chi connectivity index (χ4n) is 2.07. The van der Waals surface area contributed by atoms with Gasteiger partial charge < -0.3 is 0 Å². The first kappa shape index (κ1) is 9.36. The fraction of sp³-hybridized carbons (Fsp3) is 0.444. The average molecular weight is 243 g/mol. The van der Waals surface area contributed by atoms with E-state index in [2.05, 4.69) is 22.0 Å². The number of nitrogens with zero attached hydrogens (tertiary/aromatic N) is 4. The summed E-state index contributed by atoms with van der Waals surface area (Å²) in [4.78, 5) is 8.01. The van der Waals surface area contributed by atoms with Crippen LogP contribution in [0.1, 0.15) is 12.6 Å². The summed E-state index contributed by atoms with van der Waals surface area (Å²) in [6.07, 6.45) is 0.973. The Labute approximate surface area is 96.2 Å². The van der Waals surface area contributed by atoms with Crippen molar-refractivity contribution in [2.45, 2.75) is 19.9 Å². The number of aromatic nitrogens is 4. The van der Waals surface area contributed by atoms with E-state index in [-0.39, 0.29) is 5.28 Å². The molecule has 3 rings (SSSR count). The lowest BCUT2D eigenvalue weighted by atomic mass is 10.1. The Morgan fingerprint density at radius 2 is 2.13 bits per heavy atom. The minimum atomic E-state index is 0.150. The molecule has 0 aromatic carbocycles. The number of fused-ring (bicyclic) bond motifs is 3. The van der Waals surface area contributed by atoms with Crippen LogP contribution in [0.25, 0.3) is 11.0 Å². The Balaban J connectivity index is 2.34. The van der Waals surface area contributed by atoms with Crippen molar-refractivity contribution >= 4 is 34.2 Å². The molecule has 3 heterocycles. The number of hydrogen-bond donors (Lipinski definition) is 0. The minimum Gasteiger partial charge on any atom is -0.266 e. The van der Waals surface area contributed by atoms with Crippen LogP contribution < -0.4 is 0 Å². The fourth-order valence-corrected chi connectivity index (χ4v) is 2.55. The van der Waals surface area contributed by atoms with Crippen LogP contribution in [0.3, 0.4) is 0 Å². The number of hydrogen-bond acceptors (Lipinski definition) is 3. The molecular weight excluding hydrogens is 235 g/mol. The molecule has 1 atom stereocenters. The third-order valence-electron chi connectivity index (χ3n) is 2.66. The van der Waals surface area contributed by atoms with Crippen LogP contribution >= 0.6 is 23.2 Å². The van der Waals surface area contributed by atoms with Gasteiger partial charge in [0.1, 0.15) is 5.15 Å². The Kier molecular flexibility index (Phi) is 1.91. The zero-order chi connectivity index (χ0) is 10.6. The third kappa shape index (κ3) is 1.32. The van der Waals surface area contributed by atoms with E-state index in [0.29, 0.717) is 16.7 Å². The second-order valence-electron chi connectivity index (χ2n) is 3.92. The Morgan fingerprint density at radius 3 is 2.93 bits per heavy atom. The van der Waals surface area contributed by atoms with Gasteiger partial charge in [0.2, 0.25) is 5.28 Å². The molecule has 1 aliphatic heterocycles. The first-order chi connectivity index (χ1) is 7.15. The third-order valence-corrected chi connectivity index (χ3v) is 3.10. The van der Waals surface area contributed by atoms with Crippen molar-refractivity contribution in [2.75, 3.05) is 0 Å². The van der Waals surface area contributed by atoms with Crippen molar-refractivity contribution in [1.82, 2.24) is 19.7 Å². The van der Waals surface area contributed by atoms with Gasteiger partial charge in [-0.05, 0) is 23.9 Å². The van der Waals surface area contributed by atoms with E-state index in [1.165, 1.54) is 0 Å². The summed E-state index contributed by atoms with van der Waals surface area (Å²) in [5, 5.41) is 5.77. The maximum absolute atomic E-state index is 6.05. The van der Waals surface area contributed by atoms with Crippen LogP contribution in [0.2, 0.25) is 10.4 Å². The molecule has 1 aliphatic rings. The van der Waals surface area contributed by atoms with E-state index in [1.54, 1.807) is 0 Å². The summed E-state index contributed by atoms with van der Waals surface area (Å²) >= 11 is 11.8. The zero-order valence-electron chi connectivity index (χ0n) is 8.04. The van der Waals surface area contributed by atoms with Gasteiger partial charge in [0.15, 0.2) is 5.65 Å². The van der Waals surface area contributed by atoms with Gasteiger partial charge in [-0.1, -0.05) is 18.5 Å². The van der Waals surface area contributed by atoms with E-state index in [9.17, 15) is 0 Å². The molecule has 0 N–H and O–H groups in total. The SMILES string of the molecule is CC1Cc2c3c(Cl)nc(Cl)nc3nn2C1. The molecule has 0 aliphatic carbocycles. The quantitative estimate of drug-likeness (QED) is 0.526. The Bertz CT molecular complexity index is 549. The van der Waals surface area contributed by atoms with Gasteiger partial charge >= 0.3 is 0 Å². The average Bonchev–Trinajstić information content (AvgIpc) is 2.58. The van der Waals surface area contributed by atoms with Crippen molar-refractivity contribution in [3.8, 4) is 0 Å². The van der Waals surface area contributed by atoms with Crippen LogP contribution in [0.4, 0.5) is 0 Å². The van der Waals surface area contributed by atoms with E-state index in [4.69, 9.17) is 23.2 Å². The zero-order valence-corrected chi connectivity index (χ0v) is 9.55. The summed E-state index contributed by atoms with van der Waals surface area (Å²) in [6.45, 7) is 3.10. The van der Waals surface area contributed by atoms with Gasteiger partial charge in [-0.25, -0.2) is 4.98 Å². The molecule has 0 saturated carbocycles. The van der Waals surface area contributed by atoms with Gasteiger partial charge in [-0.3, -0.25) is 4.68 Å². The summed E-state index contributed by atoms with van der Waals surface area (Å²) in [6, 6.07) is 0. The molecule has 2 aromatic rings. The molecule has 1 unspecified atom stereocenters. The monoisotopic (exact) mass is 242 g/mol. The smallest absolute Gasteiger partial charge is 0.225 e. The van der Waals surface area contributed by atoms with Crippen molar-refractivity contribution in [3.63, 3.8) is 0 Å². The van der Waals surface area contributed by atoms with E-state index < -0.39 is 0 Å². The van der Waals surface area contributed by atoms with Gasteiger partial charge in [-0.2, -0.15) is 10.1 Å². The normalized spacial score (nSPS) is 19.8. The first-order valence-corrected chi connectivity index (χ1v) is 5.49. The van der Waals surface area contributed by atoms with Gasteiger partial charge in [-0.15, -0.1) is 0 Å². The Morgan fingerprint density at radius 1 is 1.33 bits per heavy atom. The maximum atomic E-state index is 6.05. The largest absolute Gasteiger partial charge is 0.266 e. The van der Waals surface area contributed by atoms with Crippen LogP contribution in [0.5, 0.6) is 0 Å². The number of halogens is 2. The van der Waals surface area contributed by atoms with Crippen LogP contribution in [0.15, 0.2) is 0 Å². The number of rotatable bonds is 0. The molecule has 6 heteroatoms. The lowest BCUT2D eigenvalue weighted by molar-refractivity contribution is 0.532. The van der Waals surface area contributed by atoms with Crippen molar-refractivity contribution in [3.05, 3.63) is 16.1 Å².